The molecule has 0 saturated carbocycles. The van der Waals surface area contributed by atoms with Crippen LogP contribution in [0.15, 0.2) is 12.3 Å². The second-order valence-electron chi connectivity index (χ2n) is 4.49. The maximum absolute atomic E-state index is 11.6. The highest BCUT2D eigenvalue weighted by Crippen LogP contribution is 2.38. The zero-order chi connectivity index (χ0) is 14.3. The summed E-state index contributed by atoms with van der Waals surface area (Å²) < 4.78 is 30.3. The van der Waals surface area contributed by atoms with Gasteiger partial charge in [0, 0.05) is 40.4 Å². The van der Waals surface area contributed by atoms with Crippen LogP contribution in [0.25, 0.3) is 5.70 Å². The summed E-state index contributed by atoms with van der Waals surface area (Å²) in [4.78, 5) is 3.00. The first-order chi connectivity index (χ1) is 9.45. The fraction of sp³-hybridized carbons (Fsp3) is 0.455. The molecule has 0 radical (unpaired) electrons. The number of morpholine rings is 1. The zero-order valence-corrected chi connectivity index (χ0v) is 13.5. The minimum Gasteiger partial charge on any atom is -0.378 e. The number of nitrogens with zero attached hydrogens (tertiary/aromatic N) is 2. The molecule has 0 aromatic carbocycles. The van der Waals surface area contributed by atoms with E-state index in [1.54, 1.807) is 6.20 Å². The fourth-order valence-corrected chi connectivity index (χ4v) is 4.45. The highest BCUT2D eigenvalue weighted by molar-refractivity contribution is 8.11. The van der Waals surface area contributed by atoms with E-state index in [4.69, 9.17) is 27.0 Å². The van der Waals surface area contributed by atoms with E-state index < -0.39 is 9.24 Å². The van der Waals surface area contributed by atoms with Gasteiger partial charge in [-0.05, 0) is 6.07 Å². The Labute approximate surface area is 130 Å². The summed E-state index contributed by atoms with van der Waals surface area (Å²) in [5.41, 5.74) is 1.82. The quantitative estimate of drug-likeness (QED) is 0.764. The van der Waals surface area contributed by atoms with E-state index in [1.807, 2.05) is 6.07 Å². The second-order valence-corrected chi connectivity index (χ2v) is 8.72. The van der Waals surface area contributed by atoms with Crippen molar-refractivity contribution in [1.29, 1.82) is 0 Å². The minimum atomic E-state index is -3.80. The summed E-state index contributed by atoms with van der Waals surface area (Å²) in [6, 6.07) is 1.88. The average molecular weight is 355 g/mol. The Morgan fingerprint density at radius 3 is 2.65 bits per heavy atom. The van der Waals surface area contributed by atoms with Crippen molar-refractivity contribution in [2.45, 2.75) is 6.54 Å². The Morgan fingerprint density at radius 2 is 2.00 bits per heavy atom. The lowest BCUT2D eigenvalue weighted by molar-refractivity contribution is 0.0635. The van der Waals surface area contributed by atoms with E-state index in [9.17, 15) is 8.42 Å². The van der Waals surface area contributed by atoms with Gasteiger partial charge in [-0.25, -0.2) is 0 Å². The van der Waals surface area contributed by atoms with E-state index >= 15 is 0 Å². The van der Waals surface area contributed by atoms with Gasteiger partial charge in [-0.15, -0.1) is 11.3 Å². The van der Waals surface area contributed by atoms with Gasteiger partial charge in [0.05, 0.1) is 29.8 Å². The van der Waals surface area contributed by atoms with Gasteiger partial charge in [-0.1, -0.05) is 11.6 Å². The van der Waals surface area contributed by atoms with Gasteiger partial charge in [0.1, 0.15) is 0 Å². The van der Waals surface area contributed by atoms with Gasteiger partial charge in [0.15, 0.2) is 0 Å². The van der Waals surface area contributed by atoms with Gasteiger partial charge < -0.3 is 9.64 Å². The van der Waals surface area contributed by atoms with Crippen molar-refractivity contribution in [3.8, 4) is 0 Å². The van der Waals surface area contributed by atoms with Crippen LogP contribution in [-0.2, 0) is 20.5 Å². The van der Waals surface area contributed by atoms with Crippen molar-refractivity contribution in [1.82, 2.24) is 9.21 Å². The van der Waals surface area contributed by atoms with Crippen LogP contribution in [0.5, 0.6) is 0 Å². The van der Waals surface area contributed by atoms with Gasteiger partial charge in [0.2, 0.25) is 0 Å². The molecular weight excluding hydrogens is 343 g/mol. The molecule has 1 saturated heterocycles. The van der Waals surface area contributed by atoms with Crippen LogP contribution in [0.3, 0.4) is 0 Å². The smallest absolute Gasteiger partial charge is 0.321 e. The summed E-state index contributed by atoms with van der Waals surface area (Å²) in [7, 11) is 1.68. The molecule has 0 N–H and O–H groups in total. The predicted octanol–water partition coefficient (Wildman–Crippen LogP) is 2.33. The van der Waals surface area contributed by atoms with Crippen LogP contribution < -0.4 is 0 Å². The van der Waals surface area contributed by atoms with Gasteiger partial charge in [0.25, 0.3) is 0 Å². The van der Waals surface area contributed by atoms with Crippen molar-refractivity contribution in [3.63, 3.8) is 0 Å². The van der Waals surface area contributed by atoms with Gasteiger partial charge in [-0.3, -0.25) is 4.31 Å². The molecule has 3 heterocycles. The molecule has 2 aliphatic rings. The van der Waals surface area contributed by atoms with Crippen molar-refractivity contribution >= 4 is 48.6 Å². The Kier molecular flexibility index (Phi) is 3.89. The third-order valence-electron chi connectivity index (χ3n) is 3.25. The minimum absolute atomic E-state index is 0.229. The summed E-state index contributed by atoms with van der Waals surface area (Å²) >= 11 is 7.44. The first-order valence-electron chi connectivity index (χ1n) is 5.99. The van der Waals surface area contributed by atoms with Crippen LogP contribution in [0, 0.1) is 0 Å². The molecule has 2 aliphatic heterocycles. The summed E-state index contributed by atoms with van der Waals surface area (Å²) in [6.45, 7) is 2.91. The lowest BCUT2D eigenvalue weighted by atomic mass is 10.1. The Morgan fingerprint density at radius 1 is 1.30 bits per heavy atom. The lowest BCUT2D eigenvalue weighted by Gasteiger charge is -2.34. The van der Waals surface area contributed by atoms with Crippen molar-refractivity contribution < 1.29 is 13.2 Å². The number of rotatable bonds is 2. The summed E-state index contributed by atoms with van der Waals surface area (Å²) in [5, 5.41) is 0. The highest BCUT2D eigenvalue weighted by atomic mass is 35.7. The zero-order valence-electron chi connectivity index (χ0n) is 10.4. The van der Waals surface area contributed by atoms with E-state index in [2.05, 4.69) is 4.90 Å². The Bertz CT molecular complexity index is 651. The lowest BCUT2D eigenvalue weighted by Crippen LogP contribution is -2.37. The summed E-state index contributed by atoms with van der Waals surface area (Å²) in [5.74, 6) is 0. The van der Waals surface area contributed by atoms with E-state index in [-0.39, 0.29) is 6.54 Å². The van der Waals surface area contributed by atoms with Crippen LogP contribution in [0.2, 0.25) is 4.34 Å². The number of hydrogen-bond acceptors (Lipinski definition) is 5. The van der Waals surface area contributed by atoms with Crippen molar-refractivity contribution in [2.24, 2.45) is 0 Å². The molecule has 0 amide bonds. The molecule has 9 heteroatoms. The molecule has 110 valence electrons. The molecule has 0 spiro atoms. The molecule has 0 unspecified atom stereocenters. The Hall–Kier alpha value is -0.470. The molecule has 1 fully saturated rings. The second kappa shape index (κ2) is 5.38. The summed E-state index contributed by atoms with van der Waals surface area (Å²) in [6.07, 6.45) is 1.58. The van der Waals surface area contributed by atoms with E-state index in [0.717, 1.165) is 33.5 Å². The molecule has 0 atom stereocenters. The number of hydrogen-bond donors (Lipinski definition) is 0. The third-order valence-corrected chi connectivity index (χ3v) is 5.83. The van der Waals surface area contributed by atoms with E-state index in [0.29, 0.717) is 17.6 Å². The highest BCUT2D eigenvalue weighted by Gasteiger charge is 2.29. The number of fused-ring (bicyclic) bond motifs is 1. The van der Waals surface area contributed by atoms with Crippen molar-refractivity contribution in [2.75, 3.05) is 26.3 Å². The first kappa shape index (κ1) is 14.5. The van der Waals surface area contributed by atoms with Gasteiger partial charge >= 0.3 is 9.24 Å². The first-order valence-corrected chi connectivity index (χ1v) is 9.46. The van der Waals surface area contributed by atoms with Crippen LogP contribution in [0.4, 0.5) is 0 Å². The standard InChI is InChI=1S/C11H12Cl2N2O3S2/c12-11-5-8-9(14-1-3-18-4-2-14)6-15(20(13,16)17)7-10(8)19-11/h5-6H,1-4,7H2. The van der Waals surface area contributed by atoms with Gasteiger partial charge in [-0.2, -0.15) is 8.42 Å². The normalized spacial score (nSPS) is 19.8. The van der Waals surface area contributed by atoms with Crippen LogP contribution in [-0.4, -0.2) is 43.9 Å². The topological polar surface area (TPSA) is 49.9 Å². The van der Waals surface area contributed by atoms with Crippen molar-refractivity contribution in [3.05, 3.63) is 27.0 Å². The molecule has 0 aliphatic carbocycles. The average Bonchev–Trinajstić information content (AvgIpc) is 2.77. The monoisotopic (exact) mass is 354 g/mol. The van der Waals surface area contributed by atoms with Crippen LogP contribution in [0.1, 0.15) is 10.4 Å². The number of ether oxygens (including phenoxy) is 1. The molecular formula is C11H12Cl2N2O3S2. The molecule has 1 aromatic heterocycles. The predicted molar refractivity (Wildman–Crippen MR) is 80.0 cm³/mol. The molecule has 20 heavy (non-hydrogen) atoms. The fourth-order valence-electron chi connectivity index (χ4n) is 2.32. The molecule has 0 bridgehead atoms. The van der Waals surface area contributed by atoms with Crippen LogP contribution >= 0.6 is 33.6 Å². The largest absolute Gasteiger partial charge is 0.378 e. The number of halogens is 2. The molecule has 1 aromatic rings. The maximum atomic E-state index is 11.6. The molecule has 3 rings (SSSR count). The third kappa shape index (κ3) is 2.78. The number of thiophene rings is 1. The SMILES string of the molecule is O=S(=O)(Cl)N1C=C(N2CCOCC2)c2cc(Cl)sc2C1. The maximum Gasteiger partial charge on any atom is 0.321 e. The van der Waals surface area contributed by atoms with E-state index in [1.165, 1.54) is 11.3 Å². The Balaban J connectivity index is 2.03. The molecule has 5 nitrogen and oxygen atoms in total.